The maximum atomic E-state index is 11.5. The molecule has 0 aromatic heterocycles. The summed E-state index contributed by atoms with van der Waals surface area (Å²) in [5, 5.41) is 0. The van der Waals surface area contributed by atoms with E-state index in [4.69, 9.17) is 4.74 Å². The lowest BCUT2D eigenvalue weighted by atomic mass is 10.1. The number of hydrogen-bond acceptors (Lipinski definition) is 2. The van der Waals surface area contributed by atoms with Crippen molar-refractivity contribution in [1.82, 2.24) is 4.90 Å². The third-order valence-corrected chi connectivity index (χ3v) is 3.47. The average molecular weight is 311 g/mol. The zero-order chi connectivity index (χ0) is 10.6. The maximum absolute atomic E-state index is 11.5. The zero-order valence-electron chi connectivity index (χ0n) is 8.83. The van der Waals surface area contributed by atoms with Crippen LogP contribution >= 0.6 is 22.6 Å². The molecule has 1 heterocycles. The van der Waals surface area contributed by atoms with Crippen LogP contribution in [0.5, 0.6) is 0 Å². The van der Waals surface area contributed by atoms with E-state index in [1.165, 1.54) is 0 Å². The van der Waals surface area contributed by atoms with Gasteiger partial charge in [0.1, 0.15) is 0 Å². The number of rotatable bonds is 2. The van der Waals surface area contributed by atoms with E-state index in [-0.39, 0.29) is 6.09 Å². The monoisotopic (exact) mass is 311 g/mol. The van der Waals surface area contributed by atoms with Crippen LogP contribution in [0.4, 0.5) is 4.79 Å². The van der Waals surface area contributed by atoms with Gasteiger partial charge >= 0.3 is 6.09 Å². The van der Waals surface area contributed by atoms with Crippen LogP contribution in [0.15, 0.2) is 0 Å². The van der Waals surface area contributed by atoms with Gasteiger partial charge in [0, 0.05) is 17.0 Å². The molecule has 0 unspecified atom stereocenters. The lowest BCUT2D eigenvalue weighted by molar-refractivity contribution is 0.0867. The van der Waals surface area contributed by atoms with E-state index in [9.17, 15) is 4.79 Å². The van der Waals surface area contributed by atoms with Gasteiger partial charge in [0.15, 0.2) is 0 Å². The fourth-order valence-electron chi connectivity index (χ4n) is 1.36. The van der Waals surface area contributed by atoms with Crippen LogP contribution in [0.1, 0.15) is 26.7 Å². The molecule has 0 aromatic carbocycles. The van der Waals surface area contributed by atoms with Gasteiger partial charge in [-0.1, -0.05) is 36.4 Å². The number of piperidine rings is 1. The molecule has 4 heteroatoms. The van der Waals surface area contributed by atoms with Crippen LogP contribution in [-0.4, -0.2) is 34.6 Å². The molecule has 82 valence electrons. The lowest BCUT2D eigenvalue weighted by Gasteiger charge is -2.28. The quantitative estimate of drug-likeness (QED) is 0.580. The molecule has 1 aliphatic rings. The topological polar surface area (TPSA) is 29.5 Å². The average Bonchev–Trinajstić information content (AvgIpc) is 2.15. The normalized spacial score (nSPS) is 18.7. The van der Waals surface area contributed by atoms with Gasteiger partial charge in [-0.3, -0.25) is 0 Å². The van der Waals surface area contributed by atoms with Crippen LogP contribution in [0, 0.1) is 5.92 Å². The number of carbonyl (C=O) groups excluding carboxylic acids is 1. The van der Waals surface area contributed by atoms with Crippen LogP contribution in [0.3, 0.4) is 0 Å². The second-order valence-corrected chi connectivity index (χ2v) is 5.89. The van der Waals surface area contributed by atoms with Crippen molar-refractivity contribution in [1.29, 1.82) is 0 Å². The first kappa shape index (κ1) is 12.1. The predicted octanol–water partition coefficient (Wildman–Crippen LogP) is 2.68. The van der Waals surface area contributed by atoms with E-state index in [2.05, 4.69) is 22.6 Å². The highest BCUT2D eigenvalue weighted by atomic mass is 127. The first-order valence-electron chi connectivity index (χ1n) is 5.15. The predicted molar refractivity (Wildman–Crippen MR) is 64.8 cm³/mol. The summed E-state index contributed by atoms with van der Waals surface area (Å²) in [6.45, 7) is 6.33. The molecular formula is C10H18INO2. The second kappa shape index (κ2) is 5.78. The van der Waals surface area contributed by atoms with Crippen LogP contribution in [-0.2, 0) is 4.74 Å². The first-order valence-corrected chi connectivity index (χ1v) is 6.40. The Balaban J connectivity index is 2.24. The number of likely N-dealkylation sites (tertiary alicyclic amines) is 1. The van der Waals surface area contributed by atoms with Gasteiger partial charge in [0.05, 0.1) is 6.61 Å². The third kappa shape index (κ3) is 4.02. The first-order chi connectivity index (χ1) is 6.59. The molecule has 14 heavy (non-hydrogen) atoms. The highest BCUT2D eigenvalue weighted by Crippen LogP contribution is 2.18. The van der Waals surface area contributed by atoms with Gasteiger partial charge in [0.2, 0.25) is 0 Å². The van der Waals surface area contributed by atoms with Crippen LogP contribution < -0.4 is 0 Å². The van der Waals surface area contributed by atoms with E-state index in [0.29, 0.717) is 12.5 Å². The molecule has 1 saturated heterocycles. The molecule has 1 rings (SSSR count). The number of carbonyl (C=O) groups is 1. The van der Waals surface area contributed by atoms with Gasteiger partial charge in [0.25, 0.3) is 0 Å². The molecule has 1 fully saturated rings. The Morgan fingerprint density at radius 1 is 1.50 bits per heavy atom. The fourth-order valence-corrected chi connectivity index (χ4v) is 1.92. The molecular weight excluding hydrogens is 293 g/mol. The van der Waals surface area contributed by atoms with Crippen molar-refractivity contribution in [3.8, 4) is 0 Å². The zero-order valence-corrected chi connectivity index (χ0v) is 11.0. The molecule has 0 aliphatic carbocycles. The number of ether oxygens (including phenoxy) is 1. The minimum atomic E-state index is -0.137. The van der Waals surface area contributed by atoms with Gasteiger partial charge in [-0.15, -0.1) is 0 Å². The largest absolute Gasteiger partial charge is 0.449 e. The molecule has 1 amide bonds. The van der Waals surface area contributed by atoms with E-state index < -0.39 is 0 Å². The molecule has 0 N–H and O–H groups in total. The summed E-state index contributed by atoms with van der Waals surface area (Å²) >= 11 is 2.44. The highest BCUT2D eigenvalue weighted by molar-refractivity contribution is 14.1. The van der Waals surface area contributed by atoms with E-state index in [1.54, 1.807) is 0 Å². The molecule has 0 bridgehead atoms. The van der Waals surface area contributed by atoms with Crippen molar-refractivity contribution in [2.75, 3.05) is 19.7 Å². The summed E-state index contributed by atoms with van der Waals surface area (Å²) < 4.78 is 5.89. The van der Waals surface area contributed by atoms with Crippen LogP contribution in [0.2, 0.25) is 0 Å². The Kier molecular flexibility index (Phi) is 4.98. The SMILES string of the molecule is CC(C)COC(=O)N1CCC(I)CC1. The summed E-state index contributed by atoms with van der Waals surface area (Å²) in [7, 11) is 0. The van der Waals surface area contributed by atoms with E-state index >= 15 is 0 Å². The Labute approximate surface area is 99.3 Å². The summed E-state index contributed by atoms with van der Waals surface area (Å²) in [6, 6.07) is 0. The van der Waals surface area contributed by atoms with E-state index in [0.717, 1.165) is 29.9 Å². The van der Waals surface area contributed by atoms with Crippen molar-refractivity contribution >= 4 is 28.7 Å². The van der Waals surface area contributed by atoms with Gasteiger partial charge in [-0.05, 0) is 18.8 Å². The molecule has 0 atom stereocenters. The standard InChI is InChI=1S/C10H18INO2/c1-8(2)7-14-10(13)12-5-3-9(11)4-6-12/h8-9H,3-7H2,1-2H3. The lowest BCUT2D eigenvalue weighted by Crippen LogP contribution is -2.39. The molecule has 0 spiro atoms. The van der Waals surface area contributed by atoms with Crippen molar-refractivity contribution in [2.45, 2.75) is 30.6 Å². The Bertz CT molecular complexity index is 189. The summed E-state index contributed by atoms with van der Waals surface area (Å²) in [6.07, 6.45) is 2.05. The third-order valence-electron chi connectivity index (χ3n) is 2.22. The minimum absolute atomic E-state index is 0.137. The second-order valence-electron chi connectivity index (χ2n) is 4.13. The van der Waals surface area contributed by atoms with Crippen molar-refractivity contribution in [3.63, 3.8) is 0 Å². The molecule has 0 radical (unpaired) electrons. The Morgan fingerprint density at radius 2 is 2.07 bits per heavy atom. The molecule has 0 aromatic rings. The summed E-state index contributed by atoms with van der Waals surface area (Å²) in [4.78, 5) is 13.3. The van der Waals surface area contributed by atoms with Gasteiger partial charge in [-0.25, -0.2) is 4.79 Å². The highest BCUT2D eigenvalue weighted by Gasteiger charge is 2.21. The fraction of sp³-hybridized carbons (Fsp3) is 0.900. The van der Waals surface area contributed by atoms with Crippen molar-refractivity contribution in [2.24, 2.45) is 5.92 Å². The summed E-state index contributed by atoms with van der Waals surface area (Å²) in [5.41, 5.74) is 0. The van der Waals surface area contributed by atoms with Gasteiger partial charge in [-0.2, -0.15) is 0 Å². The molecule has 1 aliphatic heterocycles. The number of alkyl halides is 1. The smallest absolute Gasteiger partial charge is 0.409 e. The number of amides is 1. The molecule has 3 nitrogen and oxygen atoms in total. The minimum Gasteiger partial charge on any atom is -0.449 e. The van der Waals surface area contributed by atoms with Crippen LogP contribution in [0.25, 0.3) is 0 Å². The Morgan fingerprint density at radius 3 is 2.57 bits per heavy atom. The number of halogens is 1. The van der Waals surface area contributed by atoms with Gasteiger partial charge < -0.3 is 9.64 Å². The van der Waals surface area contributed by atoms with E-state index in [1.807, 2.05) is 18.7 Å². The van der Waals surface area contributed by atoms with Crippen molar-refractivity contribution < 1.29 is 9.53 Å². The van der Waals surface area contributed by atoms with Crippen molar-refractivity contribution in [3.05, 3.63) is 0 Å². The molecule has 0 saturated carbocycles. The number of hydrogen-bond donors (Lipinski definition) is 0. The maximum Gasteiger partial charge on any atom is 0.409 e. The number of nitrogens with zero attached hydrogens (tertiary/aromatic N) is 1. The Hall–Kier alpha value is 0. The summed E-state index contributed by atoms with van der Waals surface area (Å²) in [5.74, 6) is 0.418.